The van der Waals surface area contributed by atoms with Crippen LogP contribution in [0.5, 0.6) is 0 Å². The first kappa shape index (κ1) is 40.1. The number of aliphatic hydroxyl groups is 1. The van der Waals surface area contributed by atoms with Gasteiger partial charge in [0, 0.05) is 6.42 Å². The third kappa shape index (κ3) is 7.71. The lowest BCUT2D eigenvalue weighted by Crippen LogP contribution is -2.49. The van der Waals surface area contributed by atoms with E-state index < -0.39 is 22.2 Å². The summed E-state index contributed by atoms with van der Waals surface area (Å²) in [5.74, 6) is 1.78. The molecule has 0 radical (unpaired) electrons. The first-order valence-corrected chi connectivity index (χ1v) is 25.5. The Morgan fingerprint density at radius 1 is 0.875 bits per heavy atom. The van der Waals surface area contributed by atoms with Gasteiger partial charge in [0.25, 0.3) is 0 Å². The van der Waals surface area contributed by atoms with Crippen molar-refractivity contribution in [1.82, 2.24) is 0 Å². The van der Waals surface area contributed by atoms with E-state index in [0.717, 1.165) is 25.7 Å². The number of allylic oxidation sites excluding steroid dienone is 4. The zero-order valence-corrected chi connectivity index (χ0v) is 36.1. The molecule has 0 spiro atoms. The molecule has 4 fully saturated rings. The van der Waals surface area contributed by atoms with E-state index in [1.54, 1.807) is 5.57 Å². The van der Waals surface area contributed by atoms with E-state index >= 15 is 0 Å². The van der Waals surface area contributed by atoms with Crippen LogP contribution in [0.1, 0.15) is 134 Å². The molecule has 0 unspecified atom stereocenters. The van der Waals surface area contributed by atoms with Crippen LogP contribution in [0.25, 0.3) is 0 Å². The normalized spacial score (nSPS) is 34.7. The number of rotatable bonds is 10. The first-order chi connectivity index (χ1) is 21.8. The van der Waals surface area contributed by atoms with E-state index in [1.165, 1.54) is 43.3 Å². The van der Waals surface area contributed by atoms with Crippen molar-refractivity contribution in [2.24, 2.45) is 34.5 Å². The first-order valence-electron chi connectivity index (χ1n) is 19.7. The summed E-state index contributed by atoms with van der Waals surface area (Å²) in [5.41, 5.74) is 3.91. The largest absolute Gasteiger partial charge is 0.413 e. The molecule has 4 aliphatic carbocycles. The molecule has 4 aliphatic rings. The van der Waals surface area contributed by atoms with Crippen molar-refractivity contribution in [3.63, 3.8) is 0 Å². The molecular weight excluding hydrogens is 621 g/mol. The van der Waals surface area contributed by atoms with Gasteiger partial charge < -0.3 is 14.0 Å². The molecule has 48 heavy (non-hydrogen) atoms. The SMILES string of the molecule is C=C1/C(=C/C=C2/CCC[C@]3(C)[C@@H]([C@H](C)C=C[C@@](O)(C(C)C)C4CC4)CC[C@@]23C)C[C@@H](O[Si](C)(C)C(C)(C)C)C[C@@H]1O[Si](C)(C)C(C)(C)C. The van der Waals surface area contributed by atoms with Crippen molar-refractivity contribution in [1.29, 1.82) is 0 Å². The molecule has 0 heterocycles. The number of fused-ring (bicyclic) bond motifs is 1. The minimum absolute atomic E-state index is 0.00916. The molecule has 0 aliphatic heterocycles. The van der Waals surface area contributed by atoms with Crippen molar-refractivity contribution in [3.8, 4) is 0 Å². The average Bonchev–Trinajstić information content (AvgIpc) is 3.75. The number of hydrogen-bond donors (Lipinski definition) is 1. The Morgan fingerprint density at radius 2 is 1.46 bits per heavy atom. The van der Waals surface area contributed by atoms with Gasteiger partial charge in [0.1, 0.15) is 0 Å². The van der Waals surface area contributed by atoms with Gasteiger partial charge in [-0.05, 0) is 133 Å². The molecule has 0 aromatic heterocycles. The van der Waals surface area contributed by atoms with Crippen molar-refractivity contribution in [2.45, 2.75) is 188 Å². The maximum Gasteiger partial charge on any atom is 0.192 e. The van der Waals surface area contributed by atoms with E-state index in [1.807, 2.05) is 0 Å². The fraction of sp³-hybridized carbons (Fsp3) is 0.814. The lowest BCUT2D eigenvalue weighted by atomic mass is 9.53. The standard InChI is InChI=1S/C43H76O3Si2/c1-30(2)43(44,35-21-22-35)27-23-31(3)37-24-26-41(11)34(18-17-25-42(37,41)12)20-19-33-28-36(45-47(13,14)39(5,6)7)29-38(32(33)4)46-48(15,16)40(8,9)10/h19-20,23,27,30-31,35-38,44H,4,17-18,21-22,24-26,28-29H2,1-3,5-16H3/b27-23?,33-19+,34-20-/t31-,36-,37-,38+,41+,42-,43-/m1/s1. The van der Waals surface area contributed by atoms with Crippen LogP contribution in [0.4, 0.5) is 0 Å². The number of hydrogen-bond acceptors (Lipinski definition) is 3. The Hall–Kier alpha value is -0.726. The Balaban J connectivity index is 1.63. The van der Waals surface area contributed by atoms with Crippen LogP contribution in [-0.2, 0) is 8.85 Å². The zero-order valence-electron chi connectivity index (χ0n) is 34.1. The summed E-state index contributed by atoms with van der Waals surface area (Å²) in [6, 6.07) is 0. The minimum atomic E-state index is -2.00. The monoisotopic (exact) mass is 697 g/mol. The van der Waals surface area contributed by atoms with Gasteiger partial charge in [0.15, 0.2) is 16.6 Å². The Bertz CT molecular complexity index is 1270. The topological polar surface area (TPSA) is 38.7 Å². The smallest absolute Gasteiger partial charge is 0.192 e. The maximum absolute atomic E-state index is 11.5. The third-order valence-electron chi connectivity index (χ3n) is 15.1. The molecule has 1 N–H and O–H groups in total. The molecule has 0 aromatic rings. The second kappa shape index (κ2) is 13.7. The van der Waals surface area contributed by atoms with Crippen LogP contribution in [0.3, 0.4) is 0 Å². The molecular formula is C43H76O3Si2. The van der Waals surface area contributed by atoms with E-state index in [9.17, 15) is 5.11 Å². The highest BCUT2D eigenvalue weighted by atomic mass is 28.4. The van der Waals surface area contributed by atoms with E-state index in [0.29, 0.717) is 17.8 Å². The molecule has 0 saturated heterocycles. The lowest BCUT2D eigenvalue weighted by Gasteiger charge is -2.51. The van der Waals surface area contributed by atoms with Crippen LogP contribution in [0.15, 0.2) is 47.6 Å². The van der Waals surface area contributed by atoms with Crippen LogP contribution in [0, 0.1) is 34.5 Å². The third-order valence-corrected chi connectivity index (χ3v) is 24.1. The fourth-order valence-electron chi connectivity index (χ4n) is 9.02. The summed E-state index contributed by atoms with van der Waals surface area (Å²) < 4.78 is 14.2. The molecule has 3 nitrogen and oxygen atoms in total. The molecule has 0 aromatic carbocycles. The Morgan fingerprint density at radius 3 is 2.00 bits per heavy atom. The van der Waals surface area contributed by atoms with Gasteiger partial charge in [-0.25, -0.2) is 0 Å². The predicted octanol–water partition coefficient (Wildman–Crippen LogP) is 12.6. The predicted molar refractivity (Wildman–Crippen MR) is 212 cm³/mol. The summed E-state index contributed by atoms with van der Waals surface area (Å²) in [4.78, 5) is 0. The van der Waals surface area contributed by atoms with Crippen molar-refractivity contribution < 1.29 is 14.0 Å². The highest BCUT2D eigenvalue weighted by molar-refractivity contribution is 6.74. The van der Waals surface area contributed by atoms with Gasteiger partial charge in [-0.1, -0.05) is 113 Å². The quantitative estimate of drug-likeness (QED) is 0.182. The molecule has 4 saturated carbocycles. The fourth-order valence-corrected chi connectivity index (χ4v) is 11.7. The maximum atomic E-state index is 11.5. The molecule has 4 rings (SSSR count). The Kier molecular flexibility index (Phi) is 11.4. The van der Waals surface area contributed by atoms with Crippen molar-refractivity contribution >= 4 is 16.6 Å². The van der Waals surface area contributed by atoms with Crippen molar-refractivity contribution in [2.75, 3.05) is 0 Å². The van der Waals surface area contributed by atoms with Crippen LogP contribution < -0.4 is 0 Å². The minimum Gasteiger partial charge on any atom is -0.413 e. The summed E-state index contributed by atoms with van der Waals surface area (Å²) in [5, 5.41) is 11.9. The van der Waals surface area contributed by atoms with Gasteiger partial charge in [-0.3, -0.25) is 0 Å². The second-order valence-corrected chi connectivity index (χ2v) is 30.0. The van der Waals surface area contributed by atoms with E-state index in [4.69, 9.17) is 15.4 Å². The molecule has 0 amide bonds. The molecule has 5 heteroatoms. The van der Waals surface area contributed by atoms with Crippen LogP contribution in [0.2, 0.25) is 36.3 Å². The van der Waals surface area contributed by atoms with E-state index in [2.05, 4.69) is 127 Å². The average molecular weight is 697 g/mol. The van der Waals surface area contributed by atoms with Gasteiger partial charge >= 0.3 is 0 Å². The van der Waals surface area contributed by atoms with Gasteiger partial charge in [-0.2, -0.15) is 0 Å². The van der Waals surface area contributed by atoms with E-state index in [-0.39, 0.29) is 39.0 Å². The van der Waals surface area contributed by atoms with Crippen molar-refractivity contribution in [3.05, 3.63) is 47.6 Å². The molecule has 7 atom stereocenters. The molecule has 0 bridgehead atoms. The van der Waals surface area contributed by atoms with Crippen LogP contribution >= 0.6 is 0 Å². The lowest BCUT2D eigenvalue weighted by molar-refractivity contribution is 0.0191. The van der Waals surface area contributed by atoms with Crippen LogP contribution in [-0.4, -0.2) is 39.6 Å². The highest BCUT2D eigenvalue weighted by Crippen LogP contribution is 2.67. The second-order valence-electron chi connectivity index (χ2n) is 20.5. The molecule has 274 valence electrons. The Labute approximate surface area is 299 Å². The van der Waals surface area contributed by atoms with Gasteiger partial charge in [-0.15, -0.1) is 0 Å². The summed E-state index contributed by atoms with van der Waals surface area (Å²) >= 11 is 0. The van der Waals surface area contributed by atoms with Gasteiger partial charge in [0.05, 0.1) is 17.8 Å². The highest BCUT2D eigenvalue weighted by Gasteiger charge is 2.58. The summed E-state index contributed by atoms with van der Waals surface area (Å²) in [7, 11) is -3.95. The zero-order chi connectivity index (χ0) is 36.3. The summed E-state index contributed by atoms with van der Waals surface area (Å²) in [6.45, 7) is 40.2. The van der Waals surface area contributed by atoms with Gasteiger partial charge in [0.2, 0.25) is 0 Å². The summed E-state index contributed by atoms with van der Waals surface area (Å²) in [6.07, 6.45) is 20.1.